The molecule has 106 valence electrons. The van der Waals surface area contributed by atoms with Crippen LogP contribution < -0.4 is 10.6 Å². The highest BCUT2D eigenvalue weighted by Crippen LogP contribution is 2.17. The standard InChI is InChI=1S/C15H24N2OS/c1-4-16-14-11-12(2)7-8-13(14)15(18)17-9-5-6-10-19-3/h7-8,11,16H,4-6,9-10H2,1-3H3,(H,17,18). The minimum Gasteiger partial charge on any atom is -0.385 e. The highest BCUT2D eigenvalue weighted by atomic mass is 32.2. The molecule has 0 aliphatic rings. The van der Waals surface area contributed by atoms with Gasteiger partial charge in [0.15, 0.2) is 0 Å². The Morgan fingerprint density at radius 1 is 1.32 bits per heavy atom. The van der Waals surface area contributed by atoms with Crippen LogP contribution in [0.4, 0.5) is 5.69 Å². The van der Waals surface area contributed by atoms with Crippen molar-refractivity contribution >= 4 is 23.4 Å². The van der Waals surface area contributed by atoms with Crippen molar-refractivity contribution in [2.45, 2.75) is 26.7 Å². The van der Waals surface area contributed by atoms with Crippen LogP contribution in [0.15, 0.2) is 18.2 Å². The number of hydrogen-bond donors (Lipinski definition) is 2. The fraction of sp³-hybridized carbons (Fsp3) is 0.533. The minimum atomic E-state index is 0.0140. The normalized spacial score (nSPS) is 10.3. The minimum absolute atomic E-state index is 0.0140. The number of aryl methyl sites for hydroxylation is 1. The van der Waals surface area contributed by atoms with E-state index in [4.69, 9.17) is 0 Å². The van der Waals surface area contributed by atoms with Gasteiger partial charge in [0, 0.05) is 18.8 Å². The first kappa shape index (κ1) is 15.9. The summed E-state index contributed by atoms with van der Waals surface area (Å²) in [6.45, 7) is 5.63. The number of carbonyl (C=O) groups excluding carboxylic acids is 1. The maximum Gasteiger partial charge on any atom is 0.253 e. The molecule has 0 heterocycles. The molecule has 19 heavy (non-hydrogen) atoms. The Hall–Kier alpha value is -1.16. The lowest BCUT2D eigenvalue weighted by Gasteiger charge is -2.12. The van der Waals surface area contributed by atoms with Crippen LogP contribution in [0.2, 0.25) is 0 Å². The molecule has 0 spiro atoms. The van der Waals surface area contributed by atoms with Crippen molar-refractivity contribution < 1.29 is 4.79 Å². The molecule has 1 rings (SSSR count). The fourth-order valence-corrected chi connectivity index (χ4v) is 2.35. The van der Waals surface area contributed by atoms with Crippen LogP contribution in [-0.2, 0) is 0 Å². The first-order chi connectivity index (χ1) is 9.19. The average molecular weight is 280 g/mol. The molecular weight excluding hydrogens is 256 g/mol. The van der Waals surface area contributed by atoms with Gasteiger partial charge in [-0.05, 0) is 56.4 Å². The summed E-state index contributed by atoms with van der Waals surface area (Å²) < 4.78 is 0. The third-order valence-corrected chi connectivity index (χ3v) is 3.54. The highest BCUT2D eigenvalue weighted by molar-refractivity contribution is 7.98. The van der Waals surface area contributed by atoms with Crippen molar-refractivity contribution in [1.82, 2.24) is 5.32 Å². The van der Waals surface area contributed by atoms with Crippen molar-refractivity contribution in [2.24, 2.45) is 0 Å². The van der Waals surface area contributed by atoms with E-state index in [1.807, 2.05) is 43.8 Å². The Balaban J connectivity index is 2.55. The Kier molecular flexibility index (Phi) is 7.41. The van der Waals surface area contributed by atoms with Crippen molar-refractivity contribution in [1.29, 1.82) is 0 Å². The van der Waals surface area contributed by atoms with Gasteiger partial charge in [-0.25, -0.2) is 0 Å². The third kappa shape index (κ3) is 5.55. The molecule has 1 aromatic rings. The molecule has 0 bridgehead atoms. The van der Waals surface area contributed by atoms with E-state index in [0.29, 0.717) is 0 Å². The Morgan fingerprint density at radius 2 is 2.11 bits per heavy atom. The number of rotatable bonds is 8. The van der Waals surface area contributed by atoms with Gasteiger partial charge in [-0.2, -0.15) is 11.8 Å². The van der Waals surface area contributed by atoms with E-state index in [2.05, 4.69) is 16.9 Å². The summed E-state index contributed by atoms with van der Waals surface area (Å²) in [4.78, 5) is 12.1. The van der Waals surface area contributed by atoms with Crippen molar-refractivity contribution in [2.75, 3.05) is 30.4 Å². The summed E-state index contributed by atoms with van der Waals surface area (Å²) in [7, 11) is 0. The molecule has 2 N–H and O–H groups in total. The number of hydrogen-bond acceptors (Lipinski definition) is 3. The summed E-state index contributed by atoms with van der Waals surface area (Å²) in [6.07, 6.45) is 4.29. The molecule has 4 heteroatoms. The van der Waals surface area contributed by atoms with Gasteiger partial charge in [0.2, 0.25) is 0 Å². The predicted octanol–water partition coefficient (Wildman–Crippen LogP) is 3.30. The molecule has 0 radical (unpaired) electrons. The second-order valence-electron chi connectivity index (χ2n) is 4.54. The van der Waals surface area contributed by atoms with E-state index < -0.39 is 0 Å². The molecule has 1 amide bonds. The molecule has 0 aliphatic heterocycles. The Morgan fingerprint density at radius 3 is 2.79 bits per heavy atom. The van der Waals surface area contributed by atoms with E-state index in [1.54, 1.807) is 0 Å². The van der Waals surface area contributed by atoms with E-state index in [1.165, 1.54) is 0 Å². The van der Waals surface area contributed by atoms with Gasteiger partial charge in [-0.1, -0.05) is 6.07 Å². The first-order valence-corrected chi connectivity index (χ1v) is 8.20. The van der Waals surface area contributed by atoms with E-state index in [-0.39, 0.29) is 5.91 Å². The summed E-state index contributed by atoms with van der Waals surface area (Å²) in [5.74, 6) is 1.17. The molecule has 0 atom stereocenters. The third-order valence-electron chi connectivity index (χ3n) is 2.85. The molecule has 0 fully saturated rings. The van der Waals surface area contributed by atoms with E-state index in [9.17, 15) is 4.79 Å². The predicted molar refractivity (Wildman–Crippen MR) is 85.3 cm³/mol. The lowest BCUT2D eigenvalue weighted by molar-refractivity contribution is 0.0954. The van der Waals surface area contributed by atoms with E-state index >= 15 is 0 Å². The van der Waals surface area contributed by atoms with Crippen LogP contribution in [0.1, 0.15) is 35.7 Å². The van der Waals surface area contributed by atoms with Gasteiger partial charge in [0.1, 0.15) is 0 Å². The lowest BCUT2D eigenvalue weighted by Crippen LogP contribution is -2.25. The second kappa shape index (κ2) is 8.86. The zero-order valence-corrected chi connectivity index (χ0v) is 12.9. The van der Waals surface area contributed by atoms with Crippen LogP contribution in [0.3, 0.4) is 0 Å². The molecule has 1 aromatic carbocycles. The number of amides is 1. The van der Waals surface area contributed by atoms with Crippen LogP contribution in [0.5, 0.6) is 0 Å². The van der Waals surface area contributed by atoms with Crippen molar-refractivity contribution in [3.8, 4) is 0 Å². The summed E-state index contributed by atoms with van der Waals surface area (Å²) in [6, 6.07) is 5.89. The Bertz CT molecular complexity index is 407. The zero-order chi connectivity index (χ0) is 14.1. The van der Waals surface area contributed by atoms with Crippen molar-refractivity contribution in [3.63, 3.8) is 0 Å². The molecular formula is C15H24N2OS. The number of nitrogens with one attached hydrogen (secondary N) is 2. The molecule has 0 unspecified atom stereocenters. The maximum atomic E-state index is 12.1. The van der Waals surface area contributed by atoms with Gasteiger partial charge < -0.3 is 10.6 Å². The number of unbranched alkanes of at least 4 members (excludes halogenated alkanes) is 1. The molecule has 0 aromatic heterocycles. The fourth-order valence-electron chi connectivity index (χ4n) is 1.86. The van der Waals surface area contributed by atoms with Gasteiger partial charge in [-0.3, -0.25) is 4.79 Å². The first-order valence-electron chi connectivity index (χ1n) is 6.80. The maximum absolute atomic E-state index is 12.1. The molecule has 0 saturated carbocycles. The SMILES string of the molecule is CCNc1cc(C)ccc1C(=O)NCCCCSC. The smallest absolute Gasteiger partial charge is 0.253 e. The summed E-state index contributed by atoms with van der Waals surface area (Å²) in [5, 5.41) is 6.23. The van der Waals surface area contributed by atoms with Gasteiger partial charge in [0.05, 0.1) is 5.56 Å². The topological polar surface area (TPSA) is 41.1 Å². The quantitative estimate of drug-likeness (QED) is 0.718. The van der Waals surface area contributed by atoms with E-state index in [0.717, 1.165) is 48.5 Å². The van der Waals surface area contributed by atoms with Gasteiger partial charge in [0.25, 0.3) is 5.91 Å². The summed E-state index contributed by atoms with van der Waals surface area (Å²) >= 11 is 1.84. The number of benzene rings is 1. The number of carbonyl (C=O) groups is 1. The van der Waals surface area contributed by atoms with Crippen molar-refractivity contribution in [3.05, 3.63) is 29.3 Å². The van der Waals surface area contributed by atoms with Crippen LogP contribution in [0, 0.1) is 6.92 Å². The highest BCUT2D eigenvalue weighted by Gasteiger charge is 2.10. The molecule has 0 aliphatic carbocycles. The second-order valence-corrected chi connectivity index (χ2v) is 5.52. The Labute approximate surface area is 120 Å². The summed E-state index contributed by atoms with van der Waals surface area (Å²) in [5.41, 5.74) is 2.81. The van der Waals surface area contributed by atoms with Gasteiger partial charge >= 0.3 is 0 Å². The van der Waals surface area contributed by atoms with Gasteiger partial charge in [-0.15, -0.1) is 0 Å². The monoisotopic (exact) mass is 280 g/mol. The van der Waals surface area contributed by atoms with Crippen LogP contribution >= 0.6 is 11.8 Å². The zero-order valence-electron chi connectivity index (χ0n) is 12.1. The number of anilines is 1. The number of thioether (sulfide) groups is 1. The van der Waals surface area contributed by atoms with Crippen LogP contribution in [-0.4, -0.2) is 31.0 Å². The average Bonchev–Trinajstić information content (AvgIpc) is 2.39. The molecule has 3 nitrogen and oxygen atoms in total. The largest absolute Gasteiger partial charge is 0.385 e. The van der Waals surface area contributed by atoms with Crippen LogP contribution in [0.25, 0.3) is 0 Å². The molecule has 0 saturated heterocycles. The lowest BCUT2D eigenvalue weighted by atomic mass is 10.1.